The first-order chi connectivity index (χ1) is 13.7. The Labute approximate surface area is 160 Å². The molecule has 0 saturated carbocycles. The number of hydrogen-bond acceptors (Lipinski definition) is 3. The first kappa shape index (κ1) is 15.3. The Kier molecular flexibility index (Phi) is 2.80. The van der Waals surface area contributed by atoms with Gasteiger partial charge in [-0.05, 0) is 19.2 Å². The number of benzene rings is 3. The van der Waals surface area contributed by atoms with Crippen molar-refractivity contribution in [3.8, 4) is 12.1 Å². The monoisotopic (exact) mass is 361 g/mol. The molecule has 3 heterocycles. The molecule has 0 spiro atoms. The Hall–Kier alpha value is -3.80. The Morgan fingerprint density at radius 3 is 1.57 bits per heavy atom. The van der Waals surface area contributed by atoms with Gasteiger partial charge in [0, 0.05) is 21.5 Å². The van der Waals surface area contributed by atoms with Gasteiger partial charge in [0.05, 0.1) is 46.5 Å². The van der Waals surface area contributed by atoms with Gasteiger partial charge in [0.1, 0.15) is 12.1 Å². The van der Waals surface area contributed by atoms with Crippen LogP contribution < -0.4 is 0 Å². The molecule has 0 radical (unpaired) electrons. The SMILES string of the molecule is CN1Cn2c3ccccc3c3c(C#N)c(C#N)c4c5ccccc5n(c4c32)C1. The second-order valence-corrected chi connectivity index (χ2v) is 7.45. The fourth-order valence-corrected chi connectivity index (χ4v) is 4.90. The highest BCUT2D eigenvalue weighted by molar-refractivity contribution is 6.26. The zero-order valence-corrected chi connectivity index (χ0v) is 15.3. The van der Waals surface area contributed by atoms with Gasteiger partial charge < -0.3 is 9.13 Å². The van der Waals surface area contributed by atoms with Gasteiger partial charge >= 0.3 is 0 Å². The van der Waals surface area contributed by atoms with Crippen LogP contribution >= 0.6 is 0 Å². The minimum atomic E-state index is 0.479. The number of fused-ring (bicyclic) bond motifs is 6. The maximum atomic E-state index is 10.1. The molecular weight excluding hydrogens is 346 g/mol. The summed E-state index contributed by atoms with van der Waals surface area (Å²) in [5, 5.41) is 24.0. The molecule has 6 rings (SSSR count). The molecule has 28 heavy (non-hydrogen) atoms. The Morgan fingerprint density at radius 1 is 0.714 bits per heavy atom. The summed E-state index contributed by atoms with van der Waals surface area (Å²) >= 11 is 0. The van der Waals surface area contributed by atoms with Crippen molar-refractivity contribution in [2.45, 2.75) is 13.3 Å². The van der Waals surface area contributed by atoms with E-state index in [2.05, 4.69) is 57.5 Å². The summed E-state index contributed by atoms with van der Waals surface area (Å²) in [6.45, 7) is 1.46. The largest absolute Gasteiger partial charge is 0.325 e. The highest BCUT2D eigenvalue weighted by Crippen LogP contribution is 2.44. The van der Waals surface area contributed by atoms with E-state index in [0.29, 0.717) is 11.1 Å². The maximum absolute atomic E-state index is 10.1. The highest BCUT2D eigenvalue weighted by Gasteiger charge is 2.28. The lowest BCUT2D eigenvalue weighted by Gasteiger charge is -2.17. The zero-order valence-electron chi connectivity index (χ0n) is 15.3. The van der Waals surface area contributed by atoms with E-state index in [0.717, 1.165) is 56.9 Å². The second-order valence-electron chi connectivity index (χ2n) is 7.45. The summed E-state index contributed by atoms with van der Waals surface area (Å²) in [7, 11) is 2.10. The van der Waals surface area contributed by atoms with Crippen LogP contribution in [0.1, 0.15) is 11.1 Å². The lowest BCUT2D eigenvalue weighted by molar-refractivity contribution is 0.232. The lowest BCUT2D eigenvalue weighted by Crippen LogP contribution is -2.22. The molecule has 5 aromatic rings. The summed E-state index contributed by atoms with van der Waals surface area (Å²) in [5.74, 6) is 0. The average Bonchev–Trinajstić information content (AvgIpc) is 3.15. The molecular formula is C23H15N5. The van der Waals surface area contributed by atoms with E-state index < -0.39 is 0 Å². The predicted octanol–water partition coefficient (Wildman–Crippen LogP) is 4.51. The Balaban J connectivity index is 2.09. The van der Waals surface area contributed by atoms with Crippen LogP contribution in [0.15, 0.2) is 48.5 Å². The molecule has 2 aromatic heterocycles. The van der Waals surface area contributed by atoms with Gasteiger partial charge in [-0.3, -0.25) is 4.90 Å². The molecule has 5 heteroatoms. The van der Waals surface area contributed by atoms with Gasteiger partial charge in [-0.1, -0.05) is 36.4 Å². The van der Waals surface area contributed by atoms with Crippen molar-refractivity contribution in [2.24, 2.45) is 0 Å². The molecule has 3 aromatic carbocycles. The number of aromatic nitrogens is 2. The first-order valence-electron chi connectivity index (χ1n) is 9.21. The number of rotatable bonds is 0. The molecule has 0 amide bonds. The van der Waals surface area contributed by atoms with Crippen molar-refractivity contribution in [1.82, 2.24) is 14.0 Å². The second kappa shape index (κ2) is 5.13. The third-order valence-corrected chi connectivity index (χ3v) is 5.91. The van der Waals surface area contributed by atoms with Crippen molar-refractivity contribution in [2.75, 3.05) is 7.05 Å². The van der Waals surface area contributed by atoms with Crippen molar-refractivity contribution in [3.63, 3.8) is 0 Å². The van der Waals surface area contributed by atoms with E-state index in [9.17, 15) is 10.5 Å². The molecule has 0 atom stereocenters. The summed E-state index contributed by atoms with van der Waals surface area (Å²) in [6, 6.07) is 21.1. The van der Waals surface area contributed by atoms with Crippen LogP contribution in [0.5, 0.6) is 0 Å². The molecule has 0 bridgehead atoms. The molecule has 0 unspecified atom stereocenters. The van der Waals surface area contributed by atoms with E-state index in [1.165, 1.54) is 0 Å². The van der Waals surface area contributed by atoms with Crippen molar-refractivity contribution < 1.29 is 0 Å². The standard InChI is InChI=1S/C23H15N5/c1-26-12-27-18-8-4-2-6-14(18)20-16(10-24)17(11-25)21-15-7-3-5-9-19(15)28(13-26)23(21)22(20)27/h2-9H,12-13H2,1H3. The molecule has 0 fully saturated rings. The van der Waals surface area contributed by atoms with Crippen LogP contribution in [0.3, 0.4) is 0 Å². The quantitative estimate of drug-likeness (QED) is 0.408. The van der Waals surface area contributed by atoms with E-state index >= 15 is 0 Å². The van der Waals surface area contributed by atoms with Gasteiger partial charge in [0.15, 0.2) is 0 Å². The molecule has 0 saturated heterocycles. The van der Waals surface area contributed by atoms with E-state index in [1.54, 1.807) is 0 Å². The number of para-hydroxylation sites is 2. The smallest absolute Gasteiger partial charge is 0.101 e. The van der Waals surface area contributed by atoms with Crippen LogP contribution in [-0.2, 0) is 13.3 Å². The van der Waals surface area contributed by atoms with Gasteiger partial charge in [-0.15, -0.1) is 0 Å². The Bertz CT molecular complexity index is 1430. The van der Waals surface area contributed by atoms with Gasteiger partial charge in [0.25, 0.3) is 0 Å². The first-order valence-corrected chi connectivity index (χ1v) is 9.21. The van der Waals surface area contributed by atoms with Gasteiger partial charge in [-0.25, -0.2) is 0 Å². The lowest BCUT2D eigenvalue weighted by atomic mass is 9.97. The fourth-order valence-electron chi connectivity index (χ4n) is 4.90. The zero-order chi connectivity index (χ0) is 19.0. The molecule has 132 valence electrons. The van der Waals surface area contributed by atoms with Crippen LogP contribution in [-0.4, -0.2) is 21.1 Å². The van der Waals surface area contributed by atoms with Crippen molar-refractivity contribution in [1.29, 1.82) is 10.5 Å². The highest BCUT2D eigenvalue weighted by atomic mass is 15.3. The van der Waals surface area contributed by atoms with Crippen LogP contribution in [0, 0.1) is 22.7 Å². The van der Waals surface area contributed by atoms with Gasteiger partial charge in [0.2, 0.25) is 0 Å². The van der Waals surface area contributed by atoms with Crippen molar-refractivity contribution in [3.05, 3.63) is 59.7 Å². The fraction of sp³-hybridized carbons (Fsp3) is 0.130. The third-order valence-electron chi connectivity index (χ3n) is 5.91. The number of nitrogens with zero attached hydrogens (tertiary/aromatic N) is 5. The van der Waals surface area contributed by atoms with Crippen LogP contribution in [0.2, 0.25) is 0 Å². The predicted molar refractivity (Wildman–Crippen MR) is 110 cm³/mol. The topological polar surface area (TPSA) is 60.7 Å². The molecule has 1 aliphatic heterocycles. The van der Waals surface area contributed by atoms with E-state index in [4.69, 9.17) is 0 Å². The molecule has 1 aliphatic rings. The minimum Gasteiger partial charge on any atom is -0.325 e. The normalized spacial score (nSPS) is 14.1. The van der Waals surface area contributed by atoms with Gasteiger partial charge in [-0.2, -0.15) is 10.5 Å². The summed E-state index contributed by atoms with van der Waals surface area (Å²) < 4.78 is 4.58. The summed E-state index contributed by atoms with van der Waals surface area (Å²) in [4.78, 5) is 2.26. The van der Waals surface area contributed by atoms with E-state index in [-0.39, 0.29) is 0 Å². The maximum Gasteiger partial charge on any atom is 0.101 e. The van der Waals surface area contributed by atoms with Crippen LogP contribution in [0.4, 0.5) is 0 Å². The van der Waals surface area contributed by atoms with Crippen molar-refractivity contribution >= 4 is 43.6 Å². The third kappa shape index (κ3) is 1.63. The molecule has 5 nitrogen and oxygen atoms in total. The summed E-state index contributed by atoms with van der Waals surface area (Å²) in [6.07, 6.45) is 0. The van der Waals surface area contributed by atoms with E-state index in [1.807, 2.05) is 24.3 Å². The number of hydrogen-bond donors (Lipinski definition) is 0. The average molecular weight is 361 g/mol. The van der Waals surface area contributed by atoms with Crippen LogP contribution in [0.25, 0.3) is 43.6 Å². The number of nitriles is 2. The molecule has 0 N–H and O–H groups in total. The minimum absolute atomic E-state index is 0.479. The molecule has 0 aliphatic carbocycles. The summed E-state index contributed by atoms with van der Waals surface area (Å²) in [5.41, 5.74) is 5.24. The Morgan fingerprint density at radius 2 is 1.14 bits per heavy atom.